The molecule has 1 aromatic heterocycles. The van der Waals surface area contributed by atoms with Gasteiger partial charge in [0.05, 0.1) is 0 Å². The standard InChI is InChI=1S/C8H12BrNO/c1-6(10)2-3-7-4-5-8(9)11-7/h4-6H,2-3,10H2,1H3/t6-/m0/s1. The predicted octanol–water partition coefficient (Wildman–Crippen LogP) is 2.32. The van der Waals surface area contributed by atoms with Gasteiger partial charge in [0.15, 0.2) is 4.67 Å². The summed E-state index contributed by atoms with van der Waals surface area (Å²) < 4.78 is 6.08. The summed E-state index contributed by atoms with van der Waals surface area (Å²) in [4.78, 5) is 0. The SMILES string of the molecule is C[C@H](N)CCc1ccc(Br)o1. The molecule has 1 aromatic rings. The van der Waals surface area contributed by atoms with Crippen LogP contribution in [-0.4, -0.2) is 6.04 Å². The molecular formula is C8H12BrNO. The first-order chi connectivity index (χ1) is 5.18. The lowest BCUT2D eigenvalue weighted by Crippen LogP contribution is -2.15. The molecule has 2 nitrogen and oxygen atoms in total. The molecule has 0 fully saturated rings. The van der Waals surface area contributed by atoms with Gasteiger partial charge >= 0.3 is 0 Å². The lowest BCUT2D eigenvalue weighted by molar-refractivity contribution is 0.472. The van der Waals surface area contributed by atoms with Gasteiger partial charge in [-0.15, -0.1) is 0 Å². The third kappa shape index (κ3) is 3.08. The van der Waals surface area contributed by atoms with E-state index in [1.165, 1.54) is 0 Å². The van der Waals surface area contributed by atoms with Crippen molar-refractivity contribution in [1.82, 2.24) is 0 Å². The molecule has 11 heavy (non-hydrogen) atoms. The maximum atomic E-state index is 5.59. The van der Waals surface area contributed by atoms with Crippen molar-refractivity contribution in [2.45, 2.75) is 25.8 Å². The van der Waals surface area contributed by atoms with Gasteiger partial charge in [0, 0.05) is 12.5 Å². The highest BCUT2D eigenvalue weighted by molar-refractivity contribution is 9.10. The third-order valence-corrected chi connectivity index (χ3v) is 1.90. The molecule has 0 amide bonds. The van der Waals surface area contributed by atoms with Gasteiger partial charge in [0.1, 0.15) is 5.76 Å². The highest BCUT2D eigenvalue weighted by Crippen LogP contribution is 2.15. The van der Waals surface area contributed by atoms with Crippen LogP contribution < -0.4 is 5.73 Å². The van der Waals surface area contributed by atoms with Crippen LogP contribution in [0.3, 0.4) is 0 Å². The Morgan fingerprint density at radius 2 is 2.36 bits per heavy atom. The normalized spacial score (nSPS) is 13.4. The van der Waals surface area contributed by atoms with Gasteiger partial charge in [-0.3, -0.25) is 0 Å². The van der Waals surface area contributed by atoms with E-state index in [0.717, 1.165) is 23.3 Å². The van der Waals surface area contributed by atoms with E-state index in [0.29, 0.717) is 0 Å². The smallest absolute Gasteiger partial charge is 0.169 e. The quantitative estimate of drug-likeness (QED) is 0.845. The molecule has 62 valence electrons. The van der Waals surface area contributed by atoms with Crippen molar-refractivity contribution in [3.8, 4) is 0 Å². The summed E-state index contributed by atoms with van der Waals surface area (Å²) in [6.07, 6.45) is 1.89. The minimum absolute atomic E-state index is 0.249. The van der Waals surface area contributed by atoms with E-state index in [2.05, 4.69) is 15.9 Å². The molecule has 0 aliphatic rings. The van der Waals surface area contributed by atoms with Gasteiger partial charge in [0.25, 0.3) is 0 Å². The molecule has 0 bridgehead atoms. The van der Waals surface area contributed by atoms with E-state index in [1.807, 2.05) is 19.1 Å². The van der Waals surface area contributed by atoms with E-state index in [1.54, 1.807) is 0 Å². The fraction of sp³-hybridized carbons (Fsp3) is 0.500. The molecule has 0 aliphatic heterocycles. The van der Waals surface area contributed by atoms with E-state index in [-0.39, 0.29) is 6.04 Å². The maximum Gasteiger partial charge on any atom is 0.169 e. The van der Waals surface area contributed by atoms with Gasteiger partial charge in [-0.1, -0.05) is 0 Å². The Balaban J connectivity index is 2.39. The number of hydrogen-bond donors (Lipinski definition) is 1. The summed E-state index contributed by atoms with van der Waals surface area (Å²) in [6, 6.07) is 4.11. The molecule has 0 aliphatic carbocycles. The van der Waals surface area contributed by atoms with E-state index in [4.69, 9.17) is 10.2 Å². The minimum Gasteiger partial charge on any atom is -0.454 e. The maximum absolute atomic E-state index is 5.59. The lowest BCUT2D eigenvalue weighted by Gasteiger charge is -2.00. The Hall–Kier alpha value is -0.280. The Labute approximate surface area is 74.9 Å². The van der Waals surface area contributed by atoms with Crippen LogP contribution in [0.15, 0.2) is 21.2 Å². The van der Waals surface area contributed by atoms with Gasteiger partial charge in [0.2, 0.25) is 0 Å². The monoisotopic (exact) mass is 217 g/mol. The molecule has 3 heteroatoms. The minimum atomic E-state index is 0.249. The summed E-state index contributed by atoms with van der Waals surface area (Å²) in [5.41, 5.74) is 5.59. The molecule has 0 saturated heterocycles. The second-order valence-corrected chi connectivity index (χ2v) is 3.50. The van der Waals surface area contributed by atoms with Gasteiger partial charge in [-0.05, 0) is 41.4 Å². The number of furan rings is 1. The molecule has 0 spiro atoms. The van der Waals surface area contributed by atoms with Crippen LogP contribution in [0.1, 0.15) is 19.1 Å². The summed E-state index contributed by atoms with van der Waals surface area (Å²) >= 11 is 3.24. The molecule has 1 atom stereocenters. The van der Waals surface area contributed by atoms with Crippen LogP contribution >= 0.6 is 15.9 Å². The molecule has 1 rings (SSSR count). The first-order valence-electron chi connectivity index (χ1n) is 3.68. The number of rotatable bonds is 3. The Morgan fingerprint density at radius 1 is 1.64 bits per heavy atom. The summed E-state index contributed by atoms with van der Waals surface area (Å²) in [6.45, 7) is 2.00. The fourth-order valence-electron chi connectivity index (χ4n) is 0.856. The largest absolute Gasteiger partial charge is 0.454 e. The van der Waals surface area contributed by atoms with Crippen LogP contribution in [0.2, 0.25) is 0 Å². The molecule has 0 saturated carbocycles. The zero-order valence-electron chi connectivity index (χ0n) is 6.51. The Morgan fingerprint density at radius 3 is 2.82 bits per heavy atom. The van der Waals surface area contributed by atoms with Crippen molar-refractivity contribution >= 4 is 15.9 Å². The Kier molecular flexibility index (Phi) is 3.15. The number of nitrogens with two attached hydrogens (primary N) is 1. The molecule has 0 unspecified atom stereocenters. The zero-order valence-corrected chi connectivity index (χ0v) is 8.10. The van der Waals surface area contributed by atoms with Crippen LogP contribution in [-0.2, 0) is 6.42 Å². The molecule has 0 aromatic carbocycles. The molecule has 2 N–H and O–H groups in total. The fourth-order valence-corrected chi connectivity index (χ4v) is 1.20. The third-order valence-electron chi connectivity index (χ3n) is 1.47. The molecule has 0 radical (unpaired) electrons. The van der Waals surface area contributed by atoms with Crippen molar-refractivity contribution in [2.75, 3.05) is 0 Å². The average molecular weight is 218 g/mol. The highest BCUT2D eigenvalue weighted by atomic mass is 79.9. The van der Waals surface area contributed by atoms with Gasteiger partial charge < -0.3 is 10.2 Å². The van der Waals surface area contributed by atoms with Crippen molar-refractivity contribution in [1.29, 1.82) is 0 Å². The van der Waals surface area contributed by atoms with Crippen LogP contribution in [0.25, 0.3) is 0 Å². The molecular weight excluding hydrogens is 206 g/mol. The average Bonchev–Trinajstić information content (AvgIpc) is 2.31. The number of halogens is 1. The van der Waals surface area contributed by atoms with E-state index in [9.17, 15) is 0 Å². The van der Waals surface area contributed by atoms with Crippen LogP contribution in [0.4, 0.5) is 0 Å². The number of aryl methyl sites for hydroxylation is 1. The van der Waals surface area contributed by atoms with E-state index < -0.39 is 0 Å². The van der Waals surface area contributed by atoms with Crippen LogP contribution in [0.5, 0.6) is 0 Å². The van der Waals surface area contributed by atoms with Crippen molar-refractivity contribution in [3.63, 3.8) is 0 Å². The van der Waals surface area contributed by atoms with Crippen LogP contribution in [0, 0.1) is 0 Å². The van der Waals surface area contributed by atoms with E-state index >= 15 is 0 Å². The van der Waals surface area contributed by atoms with Crippen molar-refractivity contribution in [2.24, 2.45) is 5.73 Å². The van der Waals surface area contributed by atoms with Gasteiger partial charge in [-0.2, -0.15) is 0 Å². The zero-order chi connectivity index (χ0) is 8.27. The first-order valence-corrected chi connectivity index (χ1v) is 4.47. The van der Waals surface area contributed by atoms with Crippen molar-refractivity contribution in [3.05, 3.63) is 22.6 Å². The Bertz CT molecular complexity index is 220. The summed E-state index contributed by atoms with van der Waals surface area (Å²) in [5, 5.41) is 0. The lowest BCUT2D eigenvalue weighted by atomic mass is 10.2. The number of hydrogen-bond acceptors (Lipinski definition) is 2. The summed E-state index contributed by atoms with van der Waals surface area (Å²) in [5.74, 6) is 0.995. The molecule has 1 heterocycles. The highest BCUT2D eigenvalue weighted by Gasteiger charge is 2.00. The topological polar surface area (TPSA) is 39.2 Å². The van der Waals surface area contributed by atoms with Crippen molar-refractivity contribution < 1.29 is 4.42 Å². The second-order valence-electron chi connectivity index (χ2n) is 2.72. The summed E-state index contributed by atoms with van der Waals surface area (Å²) in [7, 11) is 0. The second kappa shape index (κ2) is 3.93. The predicted molar refractivity (Wildman–Crippen MR) is 48.4 cm³/mol. The first kappa shape index (κ1) is 8.81. The van der Waals surface area contributed by atoms with Gasteiger partial charge in [-0.25, -0.2) is 0 Å².